The Morgan fingerprint density at radius 3 is 2.79 bits per heavy atom. The van der Waals surface area contributed by atoms with Crippen LogP contribution in [0.15, 0.2) is 0 Å². The van der Waals surface area contributed by atoms with Gasteiger partial charge in [0, 0.05) is 25.7 Å². The van der Waals surface area contributed by atoms with E-state index in [2.05, 4.69) is 24.1 Å². The lowest BCUT2D eigenvalue weighted by molar-refractivity contribution is -0.120. The second-order valence-corrected chi connectivity index (χ2v) is 5.73. The van der Waals surface area contributed by atoms with E-state index in [1.807, 2.05) is 0 Å². The maximum absolute atomic E-state index is 11.2. The van der Waals surface area contributed by atoms with Crippen molar-refractivity contribution < 1.29 is 4.79 Å². The van der Waals surface area contributed by atoms with E-state index < -0.39 is 0 Å². The largest absolute Gasteiger partial charge is 0.369 e. The van der Waals surface area contributed by atoms with E-state index in [4.69, 9.17) is 5.73 Å². The third-order valence-electron chi connectivity index (χ3n) is 4.25. The summed E-state index contributed by atoms with van der Waals surface area (Å²) in [6.07, 6.45) is 7.74. The molecule has 2 atom stereocenters. The van der Waals surface area contributed by atoms with Gasteiger partial charge in [0.15, 0.2) is 0 Å². The highest BCUT2D eigenvalue weighted by Crippen LogP contribution is 2.23. The van der Waals surface area contributed by atoms with Crippen molar-refractivity contribution in [3.05, 3.63) is 0 Å². The molecule has 0 saturated carbocycles. The second kappa shape index (κ2) is 9.32. The minimum Gasteiger partial charge on any atom is -0.369 e. The normalized spacial score (nSPS) is 22.3. The maximum Gasteiger partial charge on any atom is 0.231 e. The highest BCUT2D eigenvalue weighted by Gasteiger charge is 2.29. The Bertz CT molecular complexity index is 258. The highest BCUT2D eigenvalue weighted by atomic mass is 16.1. The van der Waals surface area contributed by atoms with Crippen LogP contribution in [0.1, 0.15) is 52.4 Å². The average Bonchev–Trinajstić information content (AvgIpc) is 2.39. The number of amides is 1. The first-order valence-corrected chi connectivity index (χ1v) is 7.92. The molecule has 19 heavy (non-hydrogen) atoms. The highest BCUT2D eigenvalue weighted by molar-refractivity contribution is 5.76. The molecule has 112 valence electrons. The number of hydrogen-bond donors (Lipinski definition) is 2. The van der Waals surface area contributed by atoms with Crippen molar-refractivity contribution in [3.63, 3.8) is 0 Å². The molecule has 0 aliphatic carbocycles. The van der Waals surface area contributed by atoms with E-state index in [1.54, 1.807) is 0 Å². The predicted octanol–water partition coefficient (Wildman–Crippen LogP) is 1.74. The zero-order valence-electron chi connectivity index (χ0n) is 12.7. The van der Waals surface area contributed by atoms with Gasteiger partial charge in [0.2, 0.25) is 5.91 Å². The quantitative estimate of drug-likeness (QED) is 0.627. The van der Waals surface area contributed by atoms with E-state index >= 15 is 0 Å². The molecule has 4 nitrogen and oxygen atoms in total. The van der Waals surface area contributed by atoms with E-state index in [9.17, 15) is 4.79 Å². The summed E-state index contributed by atoms with van der Waals surface area (Å²) >= 11 is 0. The van der Waals surface area contributed by atoms with E-state index in [0.29, 0.717) is 18.5 Å². The molecule has 3 N–H and O–H groups in total. The third-order valence-corrected chi connectivity index (χ3v) is 4.25. The van der Waals surface area contributed by atoms with E-state index in [0.717, 1.165) is 19.6 Å². The standard InChI is InChI=1S/C15H31N3O/c1-3-5-6-7-8-13(4-2)14-11-17-9-10-18(14)12-15(16)19/h13-14,17H,3-12H2,1-2H3,(H2,16,19). The van der Waals surface area contributed by atoms with Gasteiger partial charge in [-0.05, 0) is 12.3 Å². The molecule has 1 rings (SSSR count). The second-order valence-electron chi connectivity index (χ2n) is 5.73. The molecule has 2 unspecified atom stereocenters. The van der Waals surface area contributed by atoms with Gasteiger partial charge < -0.3 is 11.1 Å². The molecule has 4 heteroatoms. The summed E-state index contributed by atoms with van der Waals surface area (Å²) in [7, 11) is 0. The minimum absolute atomic E-state index is 0.201. The first-order chi connectivity index (χ1) is 9.19. The van der Waals surface area contributed by atoms with Gasteiger partial charge in [-0.2, -0.15) is 0 Å². The van der Waals surface area contributed by atoms with Gasteiger partial charge in [-0.25, -0.2) is 0 Å². The van der Waals surface area contributed by atoms with Crippen LogP contribution in [-0.2, 0) is 4.79 Å². The Balaban J connectivity index is 2.47. The van der Waals surface area contributed by atoms with Crippen molar-refractivity contribution >= 4 is 5.91 Å². The molecule has 1 heterocycles. The Labute approximate surface area is 118 Å². The molecule has 1 aliphatic rings. The van der Waals surface area contributed by atoms with Crippen LogP contribution >= 0.6 is 0 Å². The number of rotatable bonds is 9. The van der Waals surface area contributed by atoms with Gasteiger partial charge in [0.25, 0.3) is 0 Å². The number of nitrogens with two attached hydrogens (primary N) is 1. The zero-order chi connectivity index (χ0) is 14.1. The number of primary amides is 1. The van der Waals surface area contributed by atoms with Gasteiger partial charge in [0.05, 0.1) is 6.54 Å². The maximum atomic E-state index is 11.2. The summed E-state index contributed by atoms with van der Waals surface area (Å²) in [5.41, 5.74) is 5.37. The topological polar surface area (TPSA) is 58.4 Å². The Morgan fingerprint density at radius 1 is 1.37 bits per heavy atom. The van der Waals surface area contributed by atoms with Crippen LogP contribution in [-0.4, -0.2) is 43.0 Å². The SMILES string of the molecule is CCCCCCC(CC)C1CNCCN1CC(N)=O. The number of nitrogens with one attached hydrogen (secondary N) is 1. The zero-order valence-corrected chi connectivity index (χ0v) is 12.7. The van der Waals surface area contributed by atoms with Crippen LogP contribution in [0.5, 0.6) is 0 Å². The lowest BCUT2D eigenvalue weighted by atomic mass is 9.88. The smallest absolute Gasteiger partial charge is 0.231 e. The number of nitrogens with zero attached hydrogens (tertiary/aromatic N) is 1. The van der Waals surface area contributed by atoms with Gasteiger partial charge >= 0.3 is 0 Å². The fourth-order valence-electron chi connectivity index (χ4n) is 3.13. The monoisotopic (exact) mass is 269 g/mol. The van der Waals surface area contributed by atoms with Crippen molar-refractivity contribution in [2.75, 3.05) is 26.2 Å². The third kappa shape index (κ3) is 5.91. The summed E-state index contributed by atoms with van der Waals surface area (Å²) in [6, 6.07) is 0.480. The van der Waals surface area contributed by atoms with E-state index in [1.165, 1.54) is 38.5 Å². The summed E-state index contributed by atoms with van der Waals surface area (Å²) < 4.78 is 0. The fourth-order valence-corrected chi connectivity index (χ4v) is 3.13. The van der Waals surface area contributed by atoms with Crippen molar-refractivity contribution in [3.8, 4) is 0 Å². The first kappa shape index (κ1) is 16.4. The summed E-state index contributed by atoms with van der Waals surface area (Å²) in [4.78, 5) is 13.5. The average molecular weight is 269 g/mol. The van der Waals surface area contributed by atoms with E-state index in [-0.39, 0.29) is 5.91 Å². The van der Waals surface area contributed by atoms with Crippen LogP contribution < -0.4 is 11.1 Å². The first-order valence-electron chi connectivity index (χ1n) is 7.92. The van der Waals surface area contributed by atoms with Crippen LogP contribution in [0.25, 0.3) is 0 Å². The number of hydrogen-bond acceptors (Lipinski definition) is 3. The van der Waals surface area contributed by atoms with Crippen LogP contribution in [0.2, 0.25) is 0 Å². The van der Waals surface area contributed by atoms with Crippen LogP contribution in [0, 0.1) is 5.92 Å². The van der Waals surface area contributed by atoms with Crippen LogP contribution in [0.4, 0.5) is 0 Å². The molecule has 0 aromatic heterocycles. The lowest BCUT2D eigenvalue weighted by Gasteiger charge is -2.40. The van der Waals surface area contributed by atoms with Crippen molar-refractivity contribution in [1.82, 2.24) is 10.2 Å². The molecule has 0 aromatic rings. The Morgan fingerprint density at radius 2 is 2.16 bits per heavy atom. The van der Waals surface area contributed by atoms with Crippen molar-refractivity contribution in [1.29, 1.82) is 0 Å². The van der Waals surface area contributed by atoms with Crippen molar-refractivity contribution in [2.45, 2.75) is 58.4 Å². The molecule has 1 fully saturated rings. The number of piperazine rings is 1. The fraction of sp³-hybridized carbons (Fsp3) is 0.933. The molecule has 0 spiro atoms. The van der Waals surface area contributed by atoms with Gasteiger partial charge in [-0.3, -0.25) is 9.69 Å². The van der Waals surface area contributed by atoms with Gasteiger partial charge in [-0.15, -0.1) is 0 Å². The number of unbranched alkanes of at least 4 members (excludes halogenated alkanes) is 3. The van der Waals surface area contributed by atoms with Gasteiger partial charge in [-0.1, -0.05) is 46.0 Å². The van der Waals surface area contributed by atoms with Gasteiger partial charge in [0.1, 0.15) is 0 Å². The summed E-state index contributed by atoms with van der Waals surface area (Å²) in [5, 5.41) is 3.46. The molecule has 1 saturated heterocycles. The lowest BCUT2D eigenvalue weighted by Crippen LogP contribution is -2.56. The molecule has 1 amide bonds. The molecule has 0 aromatic carbocycles. The molecular formula is C15H31N3O. The molecular weight excluding hydrogens is 238 g/mol. The number of carbonyl (C=O) groups is 1. The Hall–Kier alpha value is -0.610. The molecule has 1 aliphatic heterocycles. The molecule has 0 radical (unpaired) electrons. The Kier molecular flexibility index (Phi) is 8.07. The minimum atomic E-state index is -0.201. The summed E-state index contributed by atoms with van der Waals surface area (Å²) in [6.45, 7) is 7.84. The van der Waals surface area contributed by atoms with Crippen molar-refractivity contribution in [2.24, 2.45) is 11.7 Å². The molecule has 0 bridgehead atoms. The predicted molar refractivity (Wildman–Crippen MR) is 80.0 cm³/mol. The van der Waals surface area contributed by atoms with Crippen LogP contribution in [0.3, 0.4) is 0 Å². The number of carbonyl (C=O) groups excluding carboxylic acids is 1. The summed E-state index contributed by atoms with van der Waals surface area (Å²) in [5.74, 6) is 0.483.